The van der Waals surface area contributed by atoms with E-state index in [1.807, 2.05) is 37.3 Å². The van der Waals surface area contributed by atoms with Crippen molar-refractivity contribution in [2.75, 3.05) is 25.5 Å². The van der Waals surface area contributed by atoms with Gasteiger partial charge >= 0.3 is 0 Å². The molecule has 1 N–H and O–H groups in total. The van der Waals surface area contributed by atoms with E-state index in [4.69, 9.17) is 4.74 Å². The zero-order valence-corrected chi connectivity index (χ0v) is 20.2. The lowest BCUT2D eigenvalue weighted by Crippen LogP contribution is -2.30. The minimum atomic E-state index is -3.71. The normalized spacial score (nSPS) is 11.5. The van der Waals surface area contributed by atoms with Gasteiger partial charge in [-0.15, -0.1) is 0 Å². The Bertz CT molecular complexity index is 1190. The molecule has 0 unspecified atom stereocenters. The van der Waals surface area contributed by atoms with Crippen LogP contribution in [0.2, 0.25) is 0 Å². The molecule has 0 saturated carbocycles. The molecule has 0 aliphatic heterocycles. The van der Waals surface area contributed by atoms with E-state index in [0.29, 0.717) is 35.2 Å². The Morgan fingerprint density at radius 1 is 1.12 bits per heavy atom. The summed E-state index contributed by atoms with van der Waals surface area (Å²) in [6.07, 6.45) is 0.254. The molecule has 32 heavy (non-hydrogen) atoms. The predicted octanol–water partition coefficient (Wildman–Crippen LogP) is 4.34. The largest absolute Gasteiger partial charge is 0.495 e. The number of benzene rings is 2. The van der Waals surface area contributed by atoms with Crippen LogP contribution in [0.15, 0.2) is 53.4 Å². The number of aryl methyl sites for hydroxylation is 1. The predicted molar refractivity (Wildman–Crippen MR) is 128 cm³/mol. The van der Waals surface area contributed by atoms with E-state index in [2.05, 4.69) is 10.3 Å². The van der Waals surface area contributed by atoms with Gasteiger partial charge in [0.1, 0.15) is 10.6 Å². The van der Waals surface area contributed by atoms with Crippen LogP contribution < -0.4 is 10.1 Å². The Kier molecular flexibility index (Phi) is 7.65. The molecule has 0 radical (unpaired) electrons. The Hall–Kier alpha value is -2.75. The van der Waals surface area contributed by atoms with Gasteiger partial charge < -0.3 is 10.1 Å². The van der Waals surface area contributed by atoms with Gasteiger partial charge in [0.05, 0.1) is 24.1 Å². The summed E-state index contributed by atoms with van der Waals surface area (Å²) >= 11 is 1.31. The summed E-state index contributed by atoms with van der Waals surface area (Å²) in [5.74, 6) is 0.134. The van der Waals surface area contributed by atoms with Crippen LogP contribution in [-0.2, 0) is 21.2 Å². The number of nitrogens with one attached hydrogen (secondary N) is 1. The van der Waals surface area contributed by atoms with Crippen molar-refractivity contribution < 1.29 is 17.9 Å². The number of nitrogens with zero attached hydrogens (tertiary/aromatic N) is 2. The number of amides is 1. The number of hydrogen-bond donors (Lipinski definition) is 1. The van der Waals surface area contributed by atoms with E-state index < -0.39 is 10.0 Å². The van der Waals surface area contributed by atoms with Gasteiger partial charge in [0, 0.05) is 13.1 Å². The molecule has 170 valence electrons. The summed E-state index contributed by atoms with van der Waals surface area (Å²) in [5, 5.41) is 3.32. The Labute approximate surface area is 193 Å². The van der Waals surface area contributed by atoms with Crippen molar-refractivity contribution in [2.45, 2.75) is 32.1 Å². The second-order valence-corrected chi connectivity index (χ2v) is 10.0. The number of carbonyl (C=O) groups excluding carboxylic acids is 1. The number of anilines is 1. The average molecular weight is 474 g/mol. The zero-order chi connectivity index (χ0) is 23.3. The number of carbonyl (C=O) groups is 1. The first-order valence-corrected chi connectivity index (χ1v) is 12.6. The Morgan fingerprint density at radius 2 is 1.81 bits per heavy atom. The first-order chi connectivity index (χ1) is 15.3. The highest BCUT2D eigenvalue weighted by Gasteiger charge is 2.26. The van der Waals surface area contributed by atoms with Crippen molar-refractivity contribution in [3.05, 3.63) is 59.8 Å². The van der Waals surface area contributed by atoms with Crippen LogP contribution in [0, 0.1) is 6.92 Å². The zero-order valence-electron chi connectivity index (χ0n) is 18.6. The van der Waals surface area contributed by atoms with Crippen LogP contribution in [0.4, 0.5) is 5.13 Å². The van der Waals surface area contributed by atoms with E-state index in [9.17, 15) is 13.2 Å². The fourth-order valence-electron chi connectivity index (χ4n) is 3.38. The molecule has 0 fully saturated rings. The monoisotopic (exact) mass is 473 g/mol. The highest BCUT2D eigenvalue weighted by molar-refractivity contribution is 7.89. The SMILES string of the molecule is CCN(CC)S(=O)(=O)c1cc(-c2sc(NC(=O)Cc3ccccc3)nc2C)ccc1OC. The molecular weight excluding hydrogens is 446 g/mol. The summed E-state index contributed by atoms with van der Waals surface area (Å²) in [7, 11) is -2.26. The summed E-state index contributed by atoms with van der Waals surface area (Å²) in [5.41, 5.74) is 2.33. The Morgan fingerprint density at radius 3 is 2.44 bits per heavy atom. The smallest absolute Gasteiger partial charge is 0.246 e. The van der Waals surface area contributed by atoms with Crippen LogP contribution in [0.25, 0.3) is 10.4 Å². The highest BCUT2D eigenvalue weighted by atomic mass is 32.2. The number of methoxy groups -OCH3 is 1. The van der Waals surface area contributed by atoms with Crippen LogP contribution in [-0.4, -0.2) is 43.8 Å². The lowest BCUT2D eigenvalue weighted by molar-refractivity contribution is -0.115. The molecule has 9 heteroatoms. The van der Waals surface area contributed by atoms with E-state index in [1.165, 1.54) is 22.8 Å². The van der Waals surface area contributed by atoms with E-state index in [-0.39, 0.29) is 17.2 Å². The maximum Gasteiger partial charge on any atom is 0.246 e. The van der Waals surface area contributed by atoms with Crippen LogP contribution in [0.3, 0.4) is 0 Å². The van der Waals surface area contributed by atoms with Gasteiger partial charge in [-0.25, -0.2) is 13.4 Å². The molecule has 3 aromatic rings. The molecule has 0 aliphatic rings. The lowest BCUT2D eigenvalue weighted by Gasteiger charge is -2.20. The molecule has 3 rings (SSSR count). The number of hydrogen-bond acceptors (Lipinski definition) is 6. The number of rotatable bonds is 9. The number of aromatic nitrogens is 1. The van der Waals surface area contributed by atoms with Gasteiger partial charge in [0.25, 0.3) is 0 Å². The second kappa shape index (κ2) is 10.2. The van der Waals surface area contributed by atoms with Gasteiger partial charge in [0.2, 0.25) is 15.9 Å². The summed E-state index contributed by atoms with van der Waals surface area (Å²) in [6.45, 7) is 6.17. The minimum absolute atomic E-state index is 0.115. The maximum absolute atomic E-state index is 13.1. The van der Waals surface area contributed by atoms with Crippen molar-refractivity contribution in [2.24, 2.45) is 0 Å². The summed E-state index contributed by atoms with van der Waals surface area (Å²) < 4.78 is 33.0. The maximum atomic E-state index is 13.1. The minimum Gasteiger partial charge on any atom is -0.495 e. The fourth-order valence-corrected chi connectivity index (χ4v) is 6.00. The van der Waals surface area contributed by atoms with Gasteiger partial charge in [-0.1, -0.05) is 55.5 Å². The second-order valence-electron chi connectivity index (χ2n) is 7.10. The molecule has 0 atom stereocenters. The number of thiazole rings is 1. The third-order valence-electron chi connectivity index (χ3n) is 5.00. The van der Waals surface area contributed by atoms with Gasteiger partial charge in [-0.2, -0.15) is 4.31 Å². The third kappa shape index (κ3) is 5.17. The van der Waals surface area contributed by atoms with Crippen LogP contribution in [0.1, 0.15) is 25.1 Å². The molecule has 0 spiro atoms. The first kappa shape index (κ1) is 23.9. The number of ether oxygens (including phenoxy) is 1. The fraction of sp³-hybridized carbons (Fsp3) is 0.304. The molecule has 2 aromatic carbocycles. The first-order valence-electron chi connectivity index (χ1n) is 10.3. The van der Waals surface area contributed by atoms with Crippen molar-refractivity contribution >= 4 is 32.4 Å². The number of sulfonamides is 1. The molecule has 7 nitrogen and oxygen atoms in total. The molecule has 0 aliphatic carbocycles. The van der Waals surface area contributed by atoms with Crippen LogP contribution >= 0.6 is 11.3 Å². The van der Waals surface area contributed by atoms with Crippen molar-refractivity contribution in [1.29, 1.82) is 0 Å². The van der Waals surface area contributed by atoms with E-state index >= 15 is 0 Å². The van der Waals surface area contributed by atoms with Crippen LogP contribution in [0.5, 0.6) is 5.75 Å². The molecule has 0 saturated heterocycles. The molecule has 1 aromatic heterocycles. The van der Waals surface area contributed by atoms with Crippen molar-refractivity contribution in [3.63, 3.8) is 0 Å². The molecule has 1 heterocycles. The van der Waals surface area contributed by atoms with Gasteiger partial charge in [-0.3, -0.25) is 4.79 Å². The lowest BCUT2D eigenvalue weighted by atomic mass is 10.1. The van der Waals surface area contributed by atoms with Crippen molar-refractivity contribution in [1.82, 2.24) is 9.29 Å². The molecule has 0 bridgehead atoms. The topological polar surface area (TPSA) is 88.6 Å². The van der Waals surface area contributed by atoms with Gasteiger partial charge in [-0.05, 0) is 36.2 Å². The third-order valence-corrected chi connectivity index (χ3v) is 8.19. The average Bonchev–Trinajstić information content (AvgIpc) is 3.14. The molecular formula is C23H27N3O4S2. The van der Waals surface area contributed by atoms with Gasteiger partial charge in [0.15, 0.2) is 5.13 Å². The highest BCUT2D eigenvalue weighted by Crippen LogP contribution is 2.37. The molecule has 1 amide bonds. The summed E-state index contributed by atoms with van der Waals surface area (Å²) in [4.78, 5) is 17.8. The summed E-state index contributed by atoms with van der Waals surface area (Å²) in [6, 6.07) is 14.5. The van der Waals surface area contributed by atoms with E-state index in [0.717, 1.165) is 10.4 Å². The van der Waals surface area contributed by atoms with E-state index in [1.54, 1.807) is 32.0 Å². The van der Waals surface area contributed by atoms with Crippen molar-refractivity contribution in [3.8, 4) is 16.2 Å². The Balaban J connectivity index is 1.90. The quantitative estimate of drug-likeness (QED) is 0.499. The standard InChI is InChI=1S/C23H27N3O4S2/c1-5-26(6-2)32(28,29)20-15-18(12-13-19(20)30-4)22-16(3)24-23(31-22)25-21(27)14-17-10-8-7-9-11-17/h7-13,15H,5-6,14H2,1-4H3,(H,24,25,27).